The zero-order valence-corrected chi connectivity index (χ0v) is 16.8. The Labute approximate surface area is 167 Å². The van der Waals surface area contributed by atoms with Gasteiger partial charge >= 0.3 is 0 Å². The molecule has 2 aromatic heterocycles. The highest BCUT2D eigenvalue weighted by Crippen LogP contribution is 2.34. The van der Waals surface area contributed by atoms with E-state index in [0.29, 0.717) is 11.0 Å². The lowest BCUT2D eigenvalue weighted by Gasteiger charge is -2.33. The minimum absolute atomic E-state index is 0.0516. The number of carbonyl (C=O) groups excluding carboxylic acids is 1. The maximum absolute atomic E-state index is 12.8. The van der Waals surface area contributed by atoms with Gasteiger partial charge in [-0.15, -0.1) is 10.2 Å². The number of fused-ring (bicyclic) bond motifs is 1. The molecule has 2 N–H and O–H groups in total. The number of nitrogens with zero attached hydrogens (tertiary/aromatic N) is 4. The van der Waals surface area contributed by atoms with Crippen LogP contribution in [0.1, 0.15) is 35.8 Å². The summed E-state index contributed by atoms with van der Waals surface area (Å²) in [5.74, 6) is 7.69. The number of aryl methyl sites for hydroxylation is 2. The second-order valence-electron chi connectivity index (χ2n) is 6.97. The van der Waals surface area contributed by atoms with E-state index in [1.165, 1.54) is 27.6 Å². The van der Waals surface area contributed by atoms with Gasteiger partial charge in [0.2, 0.25) is 11.1 Å². The second-order valence-corrected chi connectivity index (χ2v) is 7.91. The van der Waals surface area contributed by atoms with E-state index in [4.69, 9.17) is 10.3 Å². The summed E-state index contributed by atoms with van der Waals surface area (Å²) >= 11 is 1.30. The molecule has 1 atom stereocenters. The molecule has 0 bridgehead atoms. The highest BCUT2D eigenvalue weighted by Gasteiger charge is 2.27. The summed E-state index contributed by atoms with van der Waals surface area (Å²) in [5.41, 5.74) is 3.39. The third kappa shape index (κ3) is 3.40. The Morgan fingerprint density at radius 1 is 1.36 bits per heavy atom. The van der Waals surface area contributed by atoms with Crippen molar-refractivity contribution >= 4 is 17.7 Å². The standard InChI is InChI=1S/C20H23N5O2S/c1-13-15(10-11-27-13)19-22-23-20(25(19)21)28-12-18(26)24(2)17-9-5-7-14-6-3-4-8-16(14)17/h3-4,6,8,10-11,17H,5,7,9,12,21H2,1-2H3. The van der Waals surface area contributed by atoms with E-state index in [2.05, 4.69) is 28.4 Å². The van der Waals surface area contributed by atoms with Crippen LogP contribution < -0.4 is 5.84 Å². The third-order valence-corrected chi connectivity index (χ3v) is 6.22. The highest BCUT2D eigenvalue weighted by molar-refractivity contribution is 7.99. The Morgan fingerprint density at radius 3 is 2.96 bits per heavy atom. The predicted molar refractivity (Wildman–Crippen MR) is 108 cm³/mol. The third-order valence-electron chi connectivity index (χ3n) is 5.29. The Balaban J connectivity index is 1.44. The largest absolute Gasteiger partial charge is 0.469 e. The number of rotatable bonds is 5. The van der Waals surface area contributed by atoms with E-state index < -0.39 is 0 Å². The van der Waals surface area contributed by atoms with Crippen molar-refractivity contribution in [2.24, 2.45) is 0 Å². The first-order valence-corrected chi connectivity index (χ1v) is 10.3. The molecule has 0 aliphatic heterocycles. The van der Waals surface area contributed by atoms with Crippen molar-refractivity contribution in [3.8, 4) is 11.4 Å². The number of hydrogen-bond acceptors (Lipinski definition) is 6. The molecule has 0 fully saturated rings. The van der Waals surface area contributed by atoms with Gasteiger partial charge in [0.25, 0.3) is 0 Å². The second kappa shape index (κ2) is 7.71. The van der Waals surface area contributed by atoms with Crippen molar-refractivity contribution in [1.29, 1.82) is 0 Å². The van der Waals surface area contributed by atoms with Gasteiger partial charge < -0.3 is 15.2 Å². The van der Waals surface area contributed by atoms with E-state index in [1.807, 2.05) is 24.9 Å². The Morgan fingerprint density at radius 2 is 2.18 bits per heavy atom. The van der Waals surface area contributed by atoms with Crippen LogP contribution in [0.3, 0.4) is 0 Å². The number of carbonyl (C=O) groups is 1. The molecule has 0 saturated carbocycles. The maximum Gasteiger partial charge on any atom is 0.233 e. The molecule has 1 unspecified atom stereocenters. The van der Waals surface area contributed by atoms with Crippen LogP contribution in [0, 0.1) is 6.92 Å². The van der Waals surface area contributed by atoms with Crippen LogP contribution in [0.4, 0.5) is 0 Å². The number of furan rings is 1. The number of thioether (sulfide) groups is 1. The van der Waals surface area contributed by atoms with Gasteiger partial charge in [0.15, 0.2) is 5.82 Å². The lowest BCUT2D eigenvalue weighted by atomic mass is 9.87. The molecule has 0 spiro atoms. The van der Waals surface area contributed by atoms with Gasteiger partial charge in [0, 0.05) is 7.05 Å². The quantitative estimate of drug-likeness (QED) is 0.525. The van der Waals surface area contributed by atoms with Gasteiger partial charge in [0.1, 0.15) is 5.76 Å². The van der Waals surface area contributed by atoms with Crippen LogP contribution in [-0.4, -0.2) is 38.5 Å². The van der Waals surface area contributed by atoms with Gasteiger partial charge in [-0.3, -0.25) is 4.79 Å². The number of nitrogens with two attached hydrogens (primary N) is 1. The van der Waals surface area contributed by atoms with E-state index in [0.717, 1.165) is 30.6 Å². The van der Waals surface area contributed by atoms with E-state index in [-0.39, 0.29) is 17.7 Å². The van der Waals surface area contributed by atoms with Crippen molar-refractivity contribution < 1.29 is 9.21 Å². The first-order chi connectivity index (χ1) is 13.6. The number of hydrogen-bond donors (Lipinski definition) is 1. The van der Waals surface area contributed by atoms with Crippen molar-refractivity contribution in [1.82, 2.24) is 19.8 Å². The summed E-state index contributed by atoms with van der Waals surface area (Å²) in [6, 6.07) is 10.3. The Bertz CT molecular complexity index is 996. The SMILES string of the molecule is Cc1occc1-c1nnc(SCC(=O)N(C)C2CCCc3ccccc32)n1N. The first kappa shape index (κ1) is 18.6. The monoisotopic (exact) mass is 397 g/mol. The van der Waals surface area contributed by atoms with E-state index in [1.54, 1.807) is 12.3 Å². The van der Waals surface area contributed by atoms with Crippen LogP contribution in [0.5, 0.6) is 0 Å². The van der Waals surface area contributed by atoms with Crippen molar-refractivity contribution in [3.63, 3.8) is 0 Å². The van der Waals surface area contributed by atoms with Gasteiger partial charge in [-0.1, -0.05) is 36.0 Å². The number of aromatic nitrogens is 3. The molecule has 7 nitrogen and oxygen atoms in total. The minimum atomic E-state index is 0.0516. The van der Waals surface area contributed by atoms with Crippen LogP contribution in [0.25, 0.3) is 11.4 Å². The molecule has 1 aliphatic carbocycles. The maximum atomic E-state index is 12.8. The van der Waals surface area contributed by atoms with E-state index in [9.17, 15) is 4.79 Å². The molecule has 3 aromatic rings. The van der Waals surface area contributed by atoms with Crippen LogP contribution >= 0.6 is 11.8 Å². The summed E-state index contributed by atoms with van der Waals surface area (Å²) in [6.07, 6.45) is 4.75. The van der Waals surface area contributed by atoms with Crippen molar-refractivity contribution in [2.75, 3.05) is 18.6 Å². The molecule has 28 heavy (non-hydrogen) atoms. The Kier molecular flexibility index (Phi) is 5.13. The van der Waals surface area contributed by atoms with Crippen LogP contribution in [0.15, 0.2) is 46.2 Å². The summed E-state index contributed by atoms with van der Waals surface area (Å²) in [6.45, 7) is 1.84. The molecule has 1 amide bonds. The van der Waals surface area contributed by atoms with Crippen LogP contribution in [-0.2, 0) is 11.2 Å². The summed E-state index contributed by atoms with van der Waals surface area (Å²) in [7, 11) is 1.88. The first-order valence-electron chi connectivity index (χ1n) is 9.27. The fourth-order valence-electron chi connectivity index (χ4n) is 3.71. The van der Waals surface area contributed by atoms with Gasteiger partial charge in [-0.05, 0) is 43.4 Å². The molecular formula is C20H23N5O2S. The van der Waals surface area contributed by atoms with E-state index >= 15 is 0 Å². The van der Waals surface area contributed by atoms with Crippen molar-refractivity contribution in [3.05, 3.63) is 53.5 Å². The van der Waals surface area contributed by atoms with Crippen molar-refractivity contribution in [2.45, 2.75) is 37.4 Å². The van der Waals surface area contributed by atoms with Gasteiger partial charge in [0.05, 0.1) is 23.6 Å². The molecular weight excluding hydrogens is 374 g/mol. The molecule has 1 aliphatic rings. The van der Waals surface area contributed by atoms with Gasteiger partial charge in [-0.25, -0.2) is 4.68 Å². The average Bonchev–Trinajstić information content (AvgIpc) is 3.30. The lowest BCUT2D eigenvalue weighted by molar-refractivity contribution is -0.129. The zero-order valence-electron chi connectivity index (χ0n) is 16.0. The average molecular weight is 398 g/mol. The van der Waals surface area contributed by atoms with Gasteiger partial charge in [-0.2, -0.15) is 0 Å². The summed E-state index contributed by atoms with van der Waals surface area (Å²) < 4.78 is 6.71. The van der Waals surface area contributed by atoms with Crippen LogP contribution in [0.2, 0.25) is 0 Å². The fraction of sp³-hybridized carbons (Fsp3) is 0.350. The smallest absolute Gasteiger partial charge is 0.233 e. The molecule has 8 heteroatoms. The molecule has 2 heterocycles. The summed E-state index contributed by atoms with van der Waals surface area (Å²) in [5, 5.41) is 8.78. The number of amides is 1. The molecule has 0 radical (unpaired) electrons. The molecule has 0 saturated heterocycles. The molecule has 4 rings (SSSR count). The highest BCUT2D eigenvalue weighted by atomic mass is 32.2. The molecule has 146 valence electrons. The Hall–Kier alpha value is -2.74. The number of benzene rings is 1. The minimum Gasteiger partial charge on any atom is -0.469 e. The summed E-state index contributed by atoms with van der Waals surface area (Å²) in [4.78, 5) is 14.7. The zero-order chi connectivity index (χ0) is 19.7. The fourth-order valence-corrected chi connectivity index (χ4v) is 4.49. The lowest BCUT2D eigenvalue weighted by Crippen LogP contribution is -2.34. The topological polar surface area (TPSA) is 90.2 Å². The normalized spacial score (nSPS) is 16.0. The number of nitrogen functional groups attached to an aromatic ring is 1. The molecule has 1 aromatic carbocycles. The predicted octanol–water partition coefficient (Wildman–Crippen LogP) is 3.19.